The molecule has 0 spiro atoms. The summed E-state index contributed by atoms with van der Waals surface area (Å²) < 4.78 is 0. The smallest absolute Gasteiger partial charge is 0.205 e. The van der Waals surface area contributed by atoms with Crippen LogP contribution in [0.4, 0.5) is 0 Å². The van der Waals surface area contributed by atoms with Crippen molar-refractivity contribution < 1.29 is 0 Å². The zero-order chi connectivity index (χ0) is 14.3. The van der Waals surface area contributed by atoms with Crippen LogP contribution in [0.15, 0.2) is 4.99 Å². The van der Waals surface area contributed by atoms with Crippen molar-refractivity contribution in [1.29, 1.82) is 0 Å². The highest BCUT2D eigenvalue weighted by Gasteiger charge is 2.19. The molecule has 0 amide bonds. The van der Waals surface area contributed by atoms with E-state index >= 15 is 0 Å². The number of nitrogens with one attached hydrogen (secondary N) is 2. The SMILES string of the molecule is CN(C)CC(C)(C)CN=C(NN)NC1CCCCC1. The van der Waals surface area contributed by atoms with E-state index in [9.17, 15) is 0 Å². The summed E-state index contributed by atoms with van der Waals surface area (Å²) in [6.07, 6.45) is 6.42. The van der Waals surface area contributed by atoms with Gasteiger partial charge in [0.1, 0.15) is 0 Å². The van der Waals surface area contributed by atoms with E-state index in [1.165, 1.54) is 32.1 Å². The van der Waals surface area contributed by atoms with Gasteiger partial charge in [-0.3, -0.25) is 10.4 Å². The lowest BCUT2D eigenvalue weighted by Crippen LogP contribution is -2.47. The van der Waals surface area contributed by atoms with E-state index in [1.54, 1.807) is 0 Å². The summed E-state index contributed by atoms with van der Waals surface area (Å²) in [4.78, 5) is 6.80. The molecule has 5 heteroatoms. The number of nitrogens with zero attached hydrogens (tertiary/aromatic N) is 2. The molecule has 0 unspecified atom stereocenters. The minimum absolute atomic E-state index is 0.153. The minimum Gasteiger partial charge on any atom is -0.353 e. The lowest BCUT2D eigenvalue weighted by Gasteiger charge is -2.28. The average Bonchev–Trinajstić information content (AvgIpc) is 2.34. The van der Waals surface area contributed by atoms with Gasteiger partial charge in [-0.05, 0) is 32.4 Å². The molecule has 0 bridgehead atoms. The van der Waals surface area contributed by atoms with Crippen LogP contribution in [-0.2, 0) is 0 Å². The highest BCUT2D eigenvalue weighted by molar-refractivity contribution is 5.79. The molecule has 0 aromatic carbocycles. The highest BCUT2D eigenvalue weighted by atomic mass is 15.3. The summed E-state index contributed by atoms with van der Waals surface area (Å²) in [5, 5.41) is 3.43. The van der Waals surface area contributed by atoms with Crippen LogP contribution in [0.2, 0.25) is 0 Å². The Bertz CT molecular complexity index is 280. The molecule has 0 saturated heterocycles. The molecule has 1 aliphatic rings. The Labute approximate surface area is 118 Å². The Morgan fingerprint density at radius 2 is 1.89 bits per heavy atom. The van der Waals surface area contributed by atoms with Gasteiger partial charge in [-0.15, -0.1) is 0 Å². The maximum Gasteiger partial charge on any atom is 0.205 e. The van der Waals surface area contributed by atoms with E-state index < -0.39 is 0 Å². The van der Waals surface area contributed by atoms with Gasteiger partial charge in [-0.2, -0.15) is 0 Å². The fourth-order valence-electron chi connectivity index (χ4n) is 2.77. The molecule has 1 fully saturated rings. The second kappa shape index (κ2) is 7.70. The molecule has 5 nitrogen and oxygen atoms in total. The first-order valence-corrected chi connectivity index (χ1v) is 7.35. The van der Waals surface area contributed by atoms with Crippen molar-refractivity contribution in [3.05, 3.63) is 0 Å². The maximum absolute atomic E-state index is 5.57. The van der Waals surface area contributed by atoms with Gasteiger partial charge in [-0.1, -0.05) is 33.1 Å². The lowest BCUT2D eigenvalue weighted by atomic mass is 9.93. The predicted octanol–water partition coefficient (Wildman–Crippen LogP) is 1.32. The molecule has 112 valence electrons. The number of rotatable bonds is 5. The zero-order valence-electron chi connectivity index (χ0n) is 13.0. The summed E-state index contributed by atoms with van der Waals surface area (Å²) in [7, 11) is 4.18. The topological polar surface area (TPSA) is 65.7 Å². The molecule has 0 aromatic rings. The van der Waals surface area contributed by atoms with Crippen LogP contribution in [0.1, 0.15) is 46.0 Å². The fourth-order valence-corrected chi connectivity index (χ4v) is 2.77. The summed E-state index contributed by atoms with van der Waals surface area (Å²) in [6.45, 7) is 6.23. The number of hydrogen-bond donors (Lipinski definition) is 3. The van der Waals surface area contributed by atoms with Gasteiger partial charge in [0.05, 0.1) is 0 Å². The maximum atomic E-state index is 5.57. The molecule has 0 atom stereocenters. The number of nitrogens with two attached hydrogens (primary N) is 1. The molecule has 0 radical (unpaired) electrons. The van der Waals surface area contributed by atoms with E-state index in [0.717, 1.165) is 19.0 Å². The molecule has 1 rings (SSSR count). The van der Waals surface area contributed by atoms with Crippen LogP contribution in [0, 0.1) is 5.41 Å². The fraction of sp³-hybridized carbons (Fsp3) is 0.929. The van der Waals surface area contributed by atoms with Gasteiger partial charge in [0, 0.05) is 19.1 Å². The van der Waals surface area contributed by atoms with Crippen LogP contribution in [0.25, 0.3) is 0 Å². The van der Waals surface area contributed by atoms with Crippen LogP contribution in [0.5, 0.6) is 0 Å². The van der Waals surface area contributed by atoms with Crippen LogP contribution < -0.4 is 16.6 Å². The van der Waals surface area contributed by atoms with Gasteiger partial charge >= 0.3 is 0 Å². The van der Waals surface area contributed by atoms with Crippen molar-refractivity contribution in [3.8, 4) is 0 Å². The summed E-state index contributed by atoms with van der Waals surface area (Å²) in [5.74, 6) is 6.30. The first-order chi connectivity index (χ1) is 8.93. The minimum atomic E-state index is 0.153. The van der Waals surface area contributed by atoms with Gasteiger partial charge in [0.2, 0.25) is 5.96 Å². The molecular weight excluding hydrogens is 238 g/mol. The third-order valence-corrected chi connectivity index (χ3v) is 3.49. The average molecular weight is 269 g/mol. The standard InChI is InChI=1S/C14H31N5/c1-14(2,11-19(3)4)10-16-13(18-15)17-12-8-6-5-7-9-12/h12H,5-11,15H2,1-4H3,(H2,16,17,18). The van der Waals surface area contributed by atoms with Crippen molar-refractivity contribution >= 4 is 5.96 Å². The van der Waals surface area contributed by atoms with Crippen molar-refractivity contribution in [3.63, 3.8) is 0 Å². The molecule has 1 saturated carbocycles. The predicted molar refractivity (Wildman–Crippen MR) is 82.0 cm³/mol. The first kappa shape index (κ1) is 16.2. The van der Waals surface area contributed by atoms with Gasteiger partial charge in [0.15, 0.2) is 0 Å². The Balaban J connectivity index is 2.46. The number of guanidine groups is 1. The van der Waals surface area contributed by atoms with E-state index in [1.807, 2.05) is 0 Å². The summed E-state index contributed by atoms with van der Waals surface area (Å²) in [5.41, 5.74) is 2.85. The van der Waals surface area contributed by atoms with Gasteiger partial charge in [0.25, 0.3) is 0 Å². The van der Waals surface area contributed by atoms with E-state index in [0.29, 0.717) is 6.04 Å². The number of aliphatic imine (C=N–C) groups is 1. The molecule has 1 aliphatic carbocycles. The van der Waals surface area contributed by atoms with E-state index in [4.69, 9.17) is 5.84 Å². The molecule has 0 aliphatic heterocycles. The second-order valence-corrected chi connectivity index (χ2v) is 6.69. The van der Waals surface area contributed by atoms with Crippen molar-refractivity contribution in [2.45, 2.75) is 52.0 Å². The zero-order valence-corrected chi connectivity index (χ0v) is 13.0. The third-order valence-electron chi connectivity index (χ3n) is 3.49. The molecule has 0 heterocycles. The highest BCUT2D eigenvalue weighted by Crippen LogP contribution is 2.18. The summed E-state index contributed by atoms with van der Waals surface area (Å²) >= 11 is 0. The summed E-state index contributed by atoms with van der Waals surface area (Å²) in [6, 6.07) is 0.528. The molecule has 0 aromatic heterocycles. The monoisotopic (exact) mass is 269 g/mol. The Hall–Kier alpha value is -0.810. The lowest BCUT2D eigenvalue weighted by molar-refractivity contribution is 0.248. The van der Waals surface area contributed by atoms with E-state index in [2.05, 4.69) is 48.6 Å². The number of hydrogen-bond acceptors (Lipinski definition) is 3. The molecule has 4 N–H and O–H groups in total. The second-order valence-electron chi connectivity index (χ2n) is 6.69. The largest absolute Gasteiger partial charge is 0.353 e. The molecular formula is C14H31N5. The molecule has 19 heavy (non-hydrogen) atoms. The first-order valence-electron chi connectivity index (χ1n) is 7.35. The van der Waals surface area contributed by atoms with Crippen molar-refractivity contribution in [2.75, 3.05) is 27.2 Å². The third kappa shape index (κ3) is 6.78. The van der Waals surface area contributed by atoms with Gasteiger partial charge < -0.3 is 10.2 Å². The Morgan fingerprint density at radius 3 is 2.42 bits per heavy atom. The number of hydrazine groups is 1. The van der Waals surface area contributed by atoms with Crippen LogP contribution in [-0.4, -0.2) is 44.1 Å². The van der Waals surface area contributed by atoms with Crippen molar-refractivity contribution in [2.24, 2.45) is 16.3 Å². The quantitative estimate of drug-likeness (QED) is 0.305. The van der Waals surface area contributed by atoms with Gasteiger partial charge in [-0.25, -0.2) is 5.84 Å². The van der Waals surface area contributed by atoms with E-state index in [-0.39, 0.29) is 5.41 Å². The van der Waals surface area contributed by atoms with Crippen LogP contribution >= 0.6 is 0 Å². The Morgan fingerprint density at radius 1 is 1.26 bits per heavy atom. The van der Waals surface area contributed by atoms with Crippen LogP contribution in [0.3, 0.4) is 0 Å². The Kier molecular flexibility index (Phi) is 6.58. The normalized spacial score (nSPS) is 18.7. The van der Waals surface area contributed by atoms with Crippen molar-refractivity contribution in [1.82, 2.24) is 15.6 Å².